The van der Waals surface area contributed by atoms with Crippen molar-refractivity contribution in [1.29, 1.82) is 0 Å². The molecule has 1 saturated heterocycles. The Morgan fingerprint density at radius 2 is 2.27 bits per heavy atom. The molecule has 4 nitrogen and oxygen atoms in total. The molecule has 2 heterocycles. The number of hydrogen-bond donors (Lipinski definition) is 1. The van der Waals surface area contributed by atoms with E-state index in [9.17, 15) is 0 Å². The summed E-state index contributed by atoms with van der Waals surface area (Å²) in [6.07, 6.45) is 5.76. The van der Waals surface area contributed by atoms with E-state index in [1.54, 1.807) is 6.20 Å². The van der Waals surface area contributed by atoms with Crippen molar-refractivity contribution in [3.05, 3.63) is 18.2 Å². The Hall–Kier alpha value is -0.290. The second-order valence-corrected chi connectivity index (χ2v) is 3.49. The Kier molecular flexibility index (Phi) is 6.20. The first-order valence-electron chi connectivity index (χ1n) is 4.63. The van der Waals surface area contributed by atoms with Crippen LogP contribution in [0.1, 0.15) is 24.8 Å². The number of nitrogens with zero attached hydrogens (tertiary/aromatic N) is 2. The van der Waals surface area contributed by atoms with E-state index in [0.717, 1.165) is 25.3 Å². The monoisotopic (exact) mass is 253 g/mol. The summed E-state index contributed by atoms with van der Waals surface area (Å²) in [4.78, 5) is 4.25. The molecule has 0 amide bonds. The fourth-order valence-corrected chi connectivity index (χ4v) is 1.72. The summed E-state index contributed by atoms with van der Waals surface area (Å²) in [5.41, 5.74) is 5.96. The van der Waals surface area contributed by atoms with Gasteiger partial charge in [0.25, 0.3) is 0 Å². The van der Waals surface area contributed by atoms with Crippen LogP contribution in [0.2, 0.25) is 0 Å². The fraction of sp³-hybridized carbons (Fsp3) is 0.667. The van der Waals surface area contributed by atoms with Crippen LogP contribution in [0.3, 0.4) is 0 Å². The van der Waals surface area contributed by atoms with Gasteiger partial charge in [0, 0.05) is 32.1 Å². The third-order valence-electron chi connectivity index (χ3n) is 2.48. The van der Waals surface area contributed by atoms with Crippen molar-refractivity contribution in [2.24, 2.45) is 12.8 Å². The lowest BCUT2D eigenvalue weighted by Gasteiger charge is -2.28. The predicted molar refractivity (Wildman–Crippen MR) is 63.6 cm³/mol. The summed E-state index contributed by atoms with van der Waals surface area (Å²) in [6.45, 7) is 0.797. The highest BCUT2D eigenvalue weighted by Gasteiger charge is 2.26. The van der Waals surface area contributed by atoms with Gasteiger partial charge in [0.15, 0.2) is 0 Å². The van der Waals surface area contributed by atoms with Crippen LogP contribution >= 0.6 is 24.8 Å². The van der Waals surface area contributed by atoms with Crippen LogP contribution in [-0.2, 0) is 11.8 Å². The van der Waals surface area contributed by atoms with Crippen LogP contribution in [0, 0.1) is 0 Å². The van der Waals surface area contributed by atoms with E-state index in [1.807, 2.05) is 17.8 Å². The van der Waals surface area contributed by atoms with Crippen molar-refractivity contribution in [3.63, 3.8) is 0 Å². The van der Waals surface area contributed by atoms with E-state index in [1.165, 1.54) is 0 Å². The van der Waals surface area contributed by atoms with Gasteiger partial charge in [-0.2, -0.15) is 0 Å². The number of nitrogens with two attached hydrogens (primary N) is 1. The molecule has 6 heteroatoms. The van der Waals surface area contributed by atoms with E-state index >= 15 is 0 Å². The van der Waals surface area contributed by atoms with E-state index < -0.39 is 0 Å². The van der Waals surface area contributed by atoms with Crippen molar-refractivity contribution in [2.45, 2.75) is 25.0 Å². The largest absolute Gasteiger partial charge is 0.369 e. The molecule has 0 bridgehead atoms. The van der Waals surface area contributed by atoms with Gasteiger partial charge in [0.2, 0.25) is 0 Å². The average molecular weight is 254 g/mol. The molecule has 0 spiro atoms. The van der Waals surface area contributed by atoms with Gasteiger partial charge in [-0.05, 0) is 12.8 Å². The molecule has 0 radical (unpaired) electrons. The molecule has 1 fully saturated rings. The number of ether oxygens (including phenoxy) is 1. The molecule has 0 aromatic carbocycles. The standard InChI is InChI=1S/C9H15N3O.2ClH/c1-12-5-4-11-9(12)8-7(10)3-2-6-13-8;;/h4-5,7-8H,2-3,6,10H2,1H3;2*1H/t7-,8-;;/m1../s1. The number of aromatic nitrogens is 2. The second kappa shape index (κ2) is 6.33. The Balaban J connectivity index is 0.000000980. The molecule has 2 rings (SSSR count). The molecule has 2 atom stereocenters. The minimum absolute atomic E-state index is 0. The Morgan fingerprint density at radius 1 is 1.53 bits per heavy atom. The first-order valence-corrected chi connectivity index (χ1v) is 4.63. The molecule has 1 aliphatic rings. The molecule has 1 aromatic rings. The number of aryl methyl sites for hydroxylation is 1. The van der Waals surface area contributed by atoms with Crippen LogP contribution in [0.25, 0.3) is 0 Å². The van der Waals surface area contributed by atoms with Crippen LogP contribution in [0.5, 0.6) is 0 Å². The van der Waals surface area contributed by atoms with Crippen molar-refractivity contribution in [3.8, 4) is 0 Å². The lowest BCUT2D eigenvalue weighted by Crippen LogP contribution is -2.35. The number of hydrogen-bond acceptors (Lipinski definition) is 3. The Morgan fingerprint density at radius 3 is 2.80 bits per heavy atom. The summed E-state index contributed by atoms with van der Waals surface area (Å²) >= 11 is 0. The van der Waals surface area contributed by atoms with E-state index in [0.29, 0.717) is 0 Å². The summed E-state index contributed by atoms with van der Waals surface area (Å²) in [6, 6.07) is 0.0925. The first kappa shape index (κ1) is 14.7. The third-order valence-corrected chi connectivity index (χ3v) is 2.48. The maximum absolute atomic E-state index is 5.96. The molecular formula is C9H17Cl2N3O. The van der Waals surface area contributed by atoms with Crippen LogP contribution < -0.4 is 5.73 Å². The maximum atomic E-state index is 5.96. The Labute approximate surface area is 102 Å². The number of halogens is 2. The number of rotatable bonds is 1. The van der Waals surface area contributed by atoms with Gasteiger partial charge in [-0.1, -0.05) is 0 Å². The van der Waals surface area contributed by atoms with E-state index in [4.69, 9.17) is 10.5 Å². The summed E-state index contributed by atoms with van der Waals surface area (Å²) in [5.74, 6) is 0.937. The molecule has 1 aliphatic heterocycles. The molecule has 0 unspecified atom stereocenters. The predicted octanol–water partition coefficient (Wildman–Crippen LogP) is 1.44. The normalized spacial score (nSPS) is 25.2. The zero-order valence-corrected chi connectivity index (χ0v) is 10.3. The summed E-state index contributed by atoms with van der Waals surface area (Å²) < 4.78 is 7.58. The fourth-order valence-electron chi connectivity index (χ4n) is 1.72. The zero-order valence-electron chi connectivity index (χ0n) is 8.63. The van der Waals surface area contributed by atoms with Crippen LogP contribution in [-0.4, -0.2) is 22.2 Å². The topological polar surface area (TPSA) is 53.1 Å². The van der Waals surface area contributed by atoms with Crippen molar-refractivity contribution < 1.29 is 4.74 Å². The van der Waals surface area contributed by atoms with Crippen molar-refractivity contribution >= 4 is 24.8 Å². The van der Waals surface area contributed by atoms with Crippen LogP contribution in [0.15, 0.2) is 12.4 Å². The van der Waals surface area contributed by atoms with Gasteiger partial charge in [-0.25, -0.2) is 4.98 Å². The van der Waals surface area contributed by atoms with Gasteiger partial charge in [0.05, 0.1) is 0 Å². The minimum Gasteiger partial charge on any atom is -0.369 e. The molecular weight excluding hydrogens is 237 g/mol. The maximum Gasteiger partial charge on any atom is 0.139 e. The third kappa shape index (κ3) is 3.08. The Bertz CT molecular complexity index is 293. The summed E-state index contributed by atoms with van der Waals surface area (Å²) in [7, 11) is 1.97. The van der Waals surface area contributed by atoms with Gasteiger partial charge in [-0.15, -0.1) is 24.8 Å². The molecule has 0 saturated carbocycles. The van der Waals surface area contributed by atoms with Crippen molar-refractivity contribution in [1.82, 2.24) is 9.55 Å². The minimum atomic E-state index is -0.0197. The molecule has 1 aromatic heterocycles. The highest BCUT2D eigenvalue weighted by atomic mass is 35.5. The first-order chi connectivity index (χ1) is 6.29. The SMILES string of the molecule is Cl.Cl.Cn1ccnc1[C@@H]1OCCC[C@H]1N. The lowest BCUT2D eigenvalue weighted by atomic mass is 10.0. The quantitative estimate of drug-likeness (QED) is 0.825. The molecule has 2 N–H and O–H groups in total. The van der Waals surface area contributed by atoms with Crippen LogP contribution in [0.4, 0.5) is 0 Å². The van der Waals surface area contributed by atoms with E-state index in [2.05, 4.69) is 4.98 Å². The van der Waals surface area contributed by atoms with Gasteiger partial charge in [0.1, 0.15) is 11.9 Å². The van der Waals surface area contributed by atoms with Gasteiger partial charge < -0.3 is 15.0 Å². The summed E-state index contributed by atoms with van der Waals surface area (Å²) in [5, 5.41) is 0. The highest BCUT2D eigenvalue weighted by Crippen LogP contribution is 2.25. The second-order valence-electron chi connectivity index (χ2n) is 3.49. The smallest absolute Gasteiger partial charge is 0.139 e. The highest BCUT2D eigenvalue weighted by molar-refractivity contribution is 5.85. The van der Waals surface area contributed by atoms with Gasteiger partial charge >= 0.3 is 0 Å². The molecule has 15 heavy (non-hydrogen) atoms. The number of imidazole rings is 1. The molecule has 88 valence electrons. The lowest BCUT2D eigenvalue weighted by molar-refractivity contribution is -0.00670. The molecule has 0 aliphatic carbocycles. The van der Waals surface area contributed by atoms with Crippen molar-refractivity contribution in [2.75, 3.05) is 6.61 Å². The average Bonchev–Trinajstić information content (AvgIpc) is 2.52. The van der Waals surface area contributed by atoms with Gasteiger partial charge in [-0.3, -0.25) is 0 Å². The zero-order chi connectivity index (χ0) is 9.26. The van der Waals surface area contributed by atoms with E-state index in [-0.39, 0.29) is 37.0 Å².